The first-order valence-corrected chi connectivity index (χ1v) is 8.06. The number of hydrogen-bond donors (Lipinski definition) is 1. The number of halogens is 2. The molecule has 1 aromatic heterocycles. The summed E-state index contributed by atoms with van der Waals surface area (Å²) in [7, 11) is 1.58. The lowest BCUT2D eigenvalue weighted by atomic mass is 10.2. The van der Waals surface area contributed by atoms with Crippen LogP contribution >= 0.6 is 11.6 Å². The molecule has 0 spiro atoms. The van der Waals surface area contributed by atoms with Crippen molar-refractivity contribution in [2.75, 3.05) is 32.2 Å². The van der Waals surface area contributed by atoms with Crippen LogP contribution in [-0.4, -0.2) is 42.7 Å². The van der Waals surface area contributed by atoms with Gasteiger partial charge in [-0.1, -0.05) is 11.6 Å². The first kappa shape index (κ1) is 17.4. The lowest BCUT2D eigenvalue weighted by Gasteiger charge is -2.19. The van der Waals surface area contributed by atoms with Gasteiger partial charge in [0, 0.05) is 19.3 Å². The first-order valence-electron chi connectivity index (χ1n) is 7.68. The highest BCUT2D eigenvalue weighted by Crippen LogP contribution is 2.26. The average Bonchev–Trinajstić information content (AvgIpc) is 2.75. The number of rotatable bonds is 5. The number of nitrogens with zero attached hydrogens (tertiary/aromatic N) is 2. The number of ether oxygens (including phenoxy) is 2. The lowest BCUT2D eigenvalue weighted by molar-refractivity contribution is -0.133. The van der Waals surface area contributed by atoms with Crippen molar-refractivity contribution in [2.45, 2.75) is 6.54 Å². The van der Waals surface area contributed by atoms with Crippen LogP contribution in [0.3, 0.4) is 0 Å². The number of anilines is 2. The zero-order valence-corrected chi connectivity index (χ0v) is 14.3. The summed E-state index contributed by atoms with van der Waals surface area (Å²) in [6, 6.07) is 7.81. The largest absolute Gasteiger partial charge is 0.482 e. The Morgan fingerprint density at radius 2 is 2.24 bits per heavy atom. The van der Waals surface area contributed by atoms with E-state index in [1.165, 1.54) is 12.1 Å². The third-order valence-corrected chi connectivity index (χ3v) is 4.02. The monoisotopic (exact) mass is 365 g/mol. The van der Waals surface area contributed by atoms with Crippen molar-refractivity contribution in [1.29, 1.82) is 0 Å². The highest BCUT2D eigenvalue weighted by molar-refractivity contribution is 6.31. The van der Waals surface area contributed by atoms with Gasteiger partial charge in [-0.05, 0) is 30.3 Å². The van der Waals surface area contributed by atoms with Gasteiger partial charge in [0.05, 0.1) is 18.2 Å². The Kier molecular flexibility index (Phi) is 5.35. The summed E-state index contributed by atoms with van der Waals surface area (Å²) in [4.78, 5) is 18.2. The number of aromatic nitrogens is 1. The van der Waals surface area contributed by atoms with Crippen molar-refractivity contribution in [3.63, 3.8) is 0 Å². The van der Waals surface area contributed by atoms with Crippen LogP contribution in [0.5, 0.6) is 5.75 Å². The van der Waals surface area contributed by atoms with E-state index in [2.05, 4.69) is 10.3 Å². The third kappa shape index (κ3) is 4.18. The molecule has 8 heteroatoms. The van der Waals surface area contributed by atoms with Crippen molar-refractivity contribution in [3.8, 4) is 5.75 Å². The number of carbonyl (C=O) groups is 1. The Morgan fingerprint density at radius 3 is 3.00 bits per heavy atom. The molecule has 0 radical (unpaired) electrons. The highest BCUT2D eigenvalue weighted by Gasteiger charge is 2.22. The summed E-state index contributed by atoms with van der Waals surface area (Å²) < 4.78 is 23.8. The Balaban J connectivity index is 1.80. The fourth-order valence-corrected chi connectivity index (χ4v) is 2.61. The molecule has 25 heavy (non-hydrogen) atoms. The minimum absolute atomic E-state index is 0.0273. The van der Waals surface area contributed by atoms with E-state index in [-0.39, 0.29) is 17.5 Å². The molecule has 2 heterocycles. The van der Waals surface area contributed by atoms with E-state index in [0.29, 0.717) is 42.6 Å². The van der Waals surface area contributed by atoms with Crippen LogP contribution in [0.25, 0.3) is 0 Å². The first-order chi connectivity index (χ1) is 12.1. The van der Waals surface area contributed by atoms with Crippen LogP contribution < -0.4 is 10.1 Å². The number of carbonyl (C=O) groups excluding carboxylic acids is 1. The van der Waals surface area contributed by atoms with E-state index in [1.807, 2.05) is 0 Å². The van der Waals surface area contributed by atoms with E-state index >= 15 is 0 Å². The molecule has 0 unspecified atom stereocenters. The van der Waals surface area contributed by atoms with Gasteiger partial charge in [-0.25, -0.2) is 9.37 Å². The molecular formula is C17H17ClFN3O3. The Morgan fingerprint density at radius 1 is 1.40 bits per heavy atom. The van der Waals surface area contributed by atoms with E-state index in [1.54, 1.807) is 30.2 Å². The van der Waals surface area contributed by atoms with Crippen LogP contribution in [0, 0.1) is 5.82 Å². The maximum Gasteiger partial charge on any atom is 0.260 e. The number of fused-ring (bicyclic) bond motifs is 1. The molecule has 0 atom stereocenters. The second-order valence-corrected chi connectivity index (χ2v) is 5.90. The zero-order chi connectivity index (χ0) is 17.8. The van der Waals surface area contributed by atoms with Crippen molar-refractivity contribution in [3.05, 3.63) is 46.9 Å². The van der Waals surface area contributed by atoms with E-state index < -0.39 is 5.82 Å². The number of nitrogens with one attached hydrogen (secondary N) is 1. The van der Waals surface area contributed by atoms with Crippen molar-refractivity contribution < 1.29 is 18.7 Å². The van der Waals surface area contributed by atoms with E-state index in [0.717, 1.165) is 0 Å². The Hall–Kier alpha value is -2.38. The maximum absolute atomic E-state index is 13.2. The molecule has 6 nitrogen and oxygen atoms in total. The minimum atomic E-state index is -0.484. The highest BCUT2D eigenvalue weighted by atomic mass is 35.5. The molecule has 0 bridgehead atoms. The quantitative estimate of drug-likeness (QED) is 0.882. The number of methoxy groups -OCH3 is 1. The van der Waals surface area contributed by atoms with Gasteiger partial charge in [-0.3, -0.25) is 4.79 Å². The summed E-state index contributed by atoms with van der Waals surface area (Å²) in [6.45, 7) is 1.20. The number of hydrogen-bond acceptors (Lipinski definition) is 5. The van der Waals surface area contributed by atoms with E-state index in [9.17, 15) is 9.18 Å². The standard InChI is InChI=1S/C17H17ClFN3O3/c1-24-7-6-22-9-14-15(25-10-17(22)23)4-5-16(21-14)20-11-2-3-13(19)12(18)8-11/h2-5,8H,6-7,9-10H2,1H3,(H,20,21). The predicted octanol–water partition coefficient (Wildman–Crippen LogP) is 2.99. The maximum atomic E-state index is 13.2. The molecule has 1 amide bonds. The Bertz CT molecular complexity index is 788. The second-order valence-electron chi connectivity index (χ2n) is 5.49. The minimum Gasteiger partial charge on any atom is -0.482 e. The molecule has 1 aromatic carbocycles. The van der Waals surface area contributed by atoms with Crippen LogP contribution in [-0.2, 0) is 16.1 Å². The van der Waals surface area contributed by atoms with Gasteiger partial charge in [-0.15, -0.1) is 0 Å². The van der Waals surface area contributed by atoms with Crippen LogP contribution in [0.2, 0.25) is 5.02 Å². The smallest absolute Gasteiger partial charge is 0.260 e. The SMILES string of the molecule is COCCN1Cc2nc(Nc3ccc(F)c(Cl)c3)ccc2OCC1=O. The summed E-state index contributed by atoms with van der Waals surface area (Å²) in [5.74, 6) is 0.514. The van der Waals surface area contributed by atoms with Crippen LogP contribution in [0.4, 0.5) is 15.9 Å². The lowest BCUT2D eigenvalue weighted by Crippen LogP contribution is -2.35. The molecule has 2 aromatic rings. The summed E-state index contributed by atoms with van der Waals surface area (Å²) >= 11 is 5.79. The summed E-state index contributed by atoms with van der Waals surface area (Å²) in [5, 5.41) is 3.09. The van der Waals surface area contributed by atoms with Crippen molar-refractivity contribution in [2.24, 2.45) is 0 Å². The van der Waals surface area contributed by atoms with Gasteiger partial charge < -0.3 is 19.7 Å². The van der Waals surface area contributed by atoms with Crippen molar-refractivity contribution in [1.82, 2.24) is 9.88 Å². The van der Waals surface area contributed by atoms with Crippen LogP contribution in [0.1, 0.15) is 5.69 Å². The van der Waals surface area contributed by atoms with Gasteiger partial charge >= 0.3 is 0 Å². The molecule has 0 saturated carbocycles. The molecule has 1 N–H and O–H groups in total. The molecule has 1 aliphatic heterocycles. The zero-order valence-electron chi connectivity index (χ0n) is 13.6. The summed E-state index contributed by atoms with van der Waals surface area (Å²) in [6.07, 6.45) is 0. The number of amides is 1. The second kappa shape index (κ2) is 7.67. The molecule has 132 valence electrons. The topological polar surface area (TPSA) is 63.7 Å². The fourth-order valence-electron chi connectivity index (χ4n) is 2.43. The molecule has 3 rings (SSSR count). The van der Waals surface area contributed by atoms with Gasteiger partial charge in [0.25, 0.3) is 5.91 Å². The molecule has 0 fully saturated rings. The number of pyridine rings is 1. The normalized spacial score (nSPS) is 13.9. The predicted molar refractivity (Wildman–Crippen MR) is 91.7 cm³/mol. The fraction of sp³-hybridized carbons (Fsp3) is 0.294. The van der Waals surface area contributed by atoms with Gasteiger partial charge in [0.15, 0.2) is 6.61 Å². The molecular weight excluding hydrogens is 349 g/mol. The molecule has 0 saturated heterocycles. The number of benzene rings is 1. The van der Waals surface area contributed by atoms with Gasteiger partial charge in [0.2, 0.25) is 0 Å². The summed E-state index contributed by atoms with van der Waals surface area (Å²) in [5.41, 5.74) is 1.25. The molecule has 0 aliphatic carbocycles. The van der Waals surface area contributed by atoms with Gasteiger partial charge in [-0.2, -0.15) is 0 Å². The van der Waals surface area contributed by atoms with Crippen LogP contribution in [0.15, 0.2) is 30.3 Å². The van der Waals surface area contributed by atoms with Gasteiger partial charge in [0.1, 0.15) is 23.1 Å². The Labute approximate surface area is 149 Å². The third-order valence-electron chi connectivity index (χ3n) is 3.73. The van der Waals surface area contributed by atoms with Crippen molar-refractivity contribution >= 4 is 29.0 Å². The average molecular weight is 366 g/mol. The van der Waals surface area contributed by atoms with E-state index in [4.69, 9.17) is 21.1 Å². The molecule has 1 aliphatic rings.